The molecule has 26 heavy (non-hydrogen) atoms. The molecule has 0 saturated heterocycles. The number of hydrogen-bond donors (Lipinski definition) is 2. The highest BCUT2D eigenvalue weighted by Crippen LogP contribution is 2.17. The molecule has 9 heteroatoms. The molecule has 1 aromatic carbocycles. The minimum Gasteiger partial charge on any atom is -0.489 e. The Kier molecular flexibility index (Phi) is 9.63. The van der Waals surface area contributed by atoms with Crippen LogP contribution in [0.15, 0.2) is 54.3 Å². The van der Waals surface area contributed by atoms with Gasteiger partial charge in [0.2, 0.25) is 0 Å². The first-order valence-corrected chi connectivity index (χ1v) is 7.71. The fraction of sp³-hybridized carbons (Fsp3) is 0.294. The van der Waals surface area contributed by atoms with Crippen molar-refractivity contribution in [3.8, 4) is 5.75 Å². The second-order valence-electron chi connectivity index (χ2n) is 5.02. The summed E-state index contributed by atoms with van der Waals surface area (Å²) in [6.07, 6.45) is 4.26. The predicted molar refractivity (Wildman–Crippen MR) is 108 cm³/mol. The van der Waals surface area contributed by atoms with Crippen molar-refractivity contribution in [1.82, 2.24) is 20.2 Å². The summed E-state index contributed by atoms with van der Waals surface area (Å²) in [5, 5.41) is 6.09. The summed E-state index contributed by atoms with van der Waals surface area (Å²) in [6.45, 7) is 2.02. The molecule has 2 rings (SSSR count). The smallest absolute Gasteiger partial charge is 0.319 e. The SMILES string of the molecule is C=CCOc1ccccc1CNC(=NC)NCc1nccn1C(F)F.I. The Morgan fingerprint density at radius 2 is 2.08 bits per heavy atom. The number of nitrogens with one attached hydrogen (secondary N) is 2. The van der Waals surface area contributed by atoms with Crippen LogP contribution in [-0.2, 0) is 13.1 Å². The van der Waals surface area contributed by atoms with Crippen molar-refractivity contribution >= 4 is 29.9 Å². The molecular weight excluding hydrogens is 455 g/mol. The molecule has 0 aliphatic carbocycles. The van der Waals surface area contributed by atoms with Gasteiger partial charge in [0.15, 0.2) is 5.96 Å². The third kappa shape index (κ3) is 6.28. The number of halogens is 3. The summed E-state index contributed by atoms with van der Waals surface area (Å²) in [7, 11) is 1.61. The summed E-state index contributed by atoms with van der Waals surface area (Å²) in [5.41, 5.74) is 0.946. The summed E-state index contributed by atoms with van der Waals surface area (Å²) in [4.78, 5) is 8.00. The van der Waals surface area contributed by atoms with E-state index in [2.05, 4.69) is 27.2 Å². The average molecular weight is 477 g/mol. The molecule has 6 nitrogen and oxygen atoms in total. The van der Waals surface area contributed by atoms with Crippen molar-refractivity contribution in [1.29, 1.82) is 0 Å². The van der Waals surface area contributed by atoms with Crippen LogP contribution in [0.3, 0.4) is 0 Å². The maximum absolute atomic E-state index is 12.8. The summed E-state index contributed by atoms with van der Waals surface area (Å²) >= 11 is 0. The van der Waals surface area contributed by atoms with E-state index < -0.39 is 6.55 Å². The molecule has 0 atom stereocenters. The Morgan fingerprint density at radius 3 is 2.77 bits per heavy atom. The van der Waals surface area contributed by atoms with E-state index >= 15 is 0 Å². The lowest BCUT2D eigenvalue weighted by atomic mass is 10.2. The zero-order valence-corrected chi connectivity index (χ0v) is 16.7. The van der Waals surface area contributed by atoms with Crippen LogP contribution in [0.5, 0.6) is 5.75 Å². The molecule has 0 bridgehead atoms. The highest BCUT2D eigenvalue weighted by atomic mass is 127. The molecule has 142 valence electrons. The van der Waals surface area contributed by atoms with Crippen LogP contribution in [0.1, 0.15) is 17.9 Å². The minimum absolute atomic E-state index is 0. The molecule has 0 unspecified atom stereocenters. The third-order valence-corrected chi connectivity index (χ3v) is 3.37. The zero-order chi connectivity index (χ0) is 18.1. The number of ether oxygens (including phenoxy) is 1. The molecule has 2 aromatic rings. The molecule has 0 fully saturated rings. The minimum atomic E-state index is -2.62. The molecule has 0 aliphatic rings. The first kappa shape index (κ1) is 21.9. The van der Waals surface area contributed by atoms with Gasteiger partial charge in [0.1, 0.15) is 18.2 Å². The molecular formula is C17H22F2IN5O. The van der Waals surface area contributed by atoms with Gasteiger partial charge in [-0.25, -0.2) is 4.98 Å². The lowest BCUT2D eigenvalue weighted by Crippen LogP contribution is -2.37. The van der Waals surface area contributed by atoms with Crippen molar-refractivity contribution in [3.63, 3.8) is 0 Å². The standard InChI is InChI=1S/C17H21F2N5O.HI/c1-3-10-25-14-7-5-4-6-13(14)11-22-17(20-2)23-12-15-21-8-9-24(15)16(18)19;/h3-9,16H,1,10-12H2,2H3,(H2,20,22,23);1H. The van der Waals surface area contributed by atoms with Crippen molar-refractivity contribution in [2.24, 2.45) is 4.99 Å². The van der Waals surface area contributed by atoms with Crippen molar-refractivity contribution in [2.75, 3.05) is 13.7 Å². The van der Waals surface area contributed by atoms with Crippen molar-refractivity contribution in [2.45, 2.75) is 19.6 Å². The second-order valence-corrected chi connectivity index (χ2v) is 5.02. The van der Waals surface area contributed by atoms with E-state index in [1.807, 2.05) is 24.3 Å². The van der Waals surface area contributed by atoms with Gasteiger partial charge in [-0.2, -0.15) is 8.78 Å². The van der Waals surface area contributed by atoms with Gasteiger partial charge < -0.3 is 15.4 Å². The molecule has 1 heterocycles. The van der Waals surface area contributed by atoms with Crippen LogP contribution in [0.25, 0.3) is 0 Å². The van der Waals surface area contributed by atoms with E-state index in [9.17, 15) is 8.78 Å². The first-order chi connectivity index (χ1) is 12.2. The highest BCUT2D eigenvalue weighted by Gasteiger charge is 2.11. The number of aromatic nitrogens is 2. The van der Waals surface area contributed by atoms with Crippen molar-refractivity contribution in [3.05, 3.63) is 60.7 Å². The molecule has 0 spiro atoms. The Balaban J connectivity index is 0.00000338. The lowest BCUT2D eigenvalue weighted by Gasteiger charge is -2.14. The number of hydrogen-bond acceptors (Lipinski definition) is 3. The number of alkyl halides is 2. The van der Waals surface area contributed by atoms with E-state index in [1.54, 1.807) is 13.1 Å². The van der Waals surface area contributed by atoms with E-state index in [1.165, 1.54) is 12.4 Å². The maximum atomic E-state index is 12.8. The number of nitrogens with zero attached hydrogens (tertiary/aromatic N) is 3. The fourth-order valence-electron chi connectivity index (χ4n) is 2.16. The van der Waals surface area contributed by atoms with Crippen LogP contribution in [0.4, 0.5) is 8.78 Å². The maximum Gasteiger partial charge on any atom is 0.319 e. The summed E-state index contributed by atoms with van der Waals surface area (Å²) in [6, 6.07) is 7.60. The van der Waals surface area contributed by atoms with Gasteiger partial charge in [-0.15, -0.1) is 24.0 Å². The molecule has 0 amide bonds. The van der Waals surface area contributed by atoms with Crippen LogP contribution in [-0.4, -0.2) is 29.2 Å². The highest BCUT2D eigenvalue weighted by molar-refractivity contribution is 14.0. The molecule has 2 N–H and O–H groups in total. The zero-order valence-electron chi connectivity index (χ0n) is 14.4. The quantitative estimate of drug-likeness (QED) is 0.265. The van der Waals surface area contributed by atoms with Gasteiger partial charge >= 0.3 is 6.55 Å². The Hall–Kier alpha value is -2.17. The largest absolute Gasteiger partial charge is 0.489 e. The van der Waals surface area contributed by atoms with E-state index in [0.717, 1.165) is 15.9 Å². The number of aliphatic imine (C=N–C) groups is 1. The predicted octanol–water partition coefficient (Wildman–Crippen LogP) is 3.33. The van der Waals surface area contributed by atoms with Crippen LogP contribution < -0.4 is 15.4 Å². The average Bonchev–Trinajstić information content (AvgIpc) is 3.09. The van der Waals surface area contributed by atoms with Gasteiger partial charge in [0.25, 0.3) is 0 Å². The number of para-hydroxylation sites is 1. The molecule has 0 saturated carbocycles. The van der Waals surface area contributed by atoms with Crippen LogP contribution >= 0.6 is 24.0 Å². The lowest BCUT2D eigenvalue weighted by molar-refractivity contribution is 0.0668. The topological polar surface area (TPSA) is 63.5 Å². The molecule has 0 radical (unpaired) electrons. The summed E-state index contributed by atoms with van der Waals surface area (Å²) in [5.74, 6) is 1.45. The number of rotatable bonds is 8. The number of benzene rings is 1. The number of imidazole rings is 1. The monoisotopic (exact) mass is 477 g/mol. The second kappa shape index (κ2) is 11.4. The van der Waals surface area contributed by atoms with E-state index in [0.29, 0.717) is 19.1 Å². The van der Waals surface area contributed by atoms with Crippen LogP contribution in [0, 0.1) is 0 Å². The summed E-state index contributed by atoms with van der Waals surface area (Å²) < 4.78 is 32.0. The Morgan fingerprint density at radius 1 is 1.35 bits per heavy atom. The van der Waals surface area contributed by atoms with Gasteiger partial charge in [-0.3, -0.25) is 9.56 Å². The Bertz CT molecular complexity index is 721. The van der Waals surface area contributed by atoms with Gasteiger partial charge in [-0.1, -0.05) is 30.9 Å². The number of guanidine groups is 1. The third-order valence-electron chi connectivity index (χ3n) is 3.37. The molecule has 0 aliphatic heterocycles. The van der Waals surface area contributed by atoms with Gasteiger partial charge in [0.05, 0.1) is 6.54 Å². The molecule has 1 aromatic heterocycles. The van der Waals surface area contributed by atoms with Crippen molar-refractivity contribution < 1.29 is 13.5 Å². The van der Waals surface area contributed by atoms with E-state index in [-0.39, 0.29) is 36.3 Å². The normalized spacial score (nSPS) is 11.0. The van der Waals surface area contributed by atoms with Crippen LogP contribution in [0.2, 0.25) is 0 Å². The first-order valence-electron chi connectivity index (χ1n) is 7.71. The Labute approximate surface area is 168 Å². The van der Waals surface area contributed by atoms with E-state index in [4.69, 9.17) is 4.74 Å². The van der Waals surface area contributed by atoms with Gasteiger partial charge in [-0.05, 0) is 6.07 Å². The van der Waals surface area contributed by atoms with Gasteiger partial charge in [0, 0.05) is 31.5 Å². The fourth-order valence-corrected chi connectivity index (χ4v) is 2.16.